The molecule has 4 N–H and O–H groups in total. The number of benzene rings is 1. The number of hydrogen-bond acceptors (Lipinski definition) is 7. The molecular formula is C13H16N6OS. The molecule has 2 aromatic heterocycles. The number of nitrogens with two attached hydrogens (primary N) is 2. The molecule has 110 valence electrons. The summed E-state index contributed by atoms with van der Waals surface area (Å²) in [7, 11) is 0. The molecule has 8 heteroatoms. The van der Waals surface area contributed by atoms with Gasteiger partial charge in [0.05, 0.1) is 23.3 Å². The zero-order valence-corrected chi connectivity index (χ0v) is 12.6. The summed E-state index contributed by atoms with van der Waals surface area (Å²) < 4.78 is 6.40. The average molecular weight is 304 g/mol. The van der Waals surface area contributed by atoms with Crippen molar-refractivity contribution >= 4 is 24.3 Å². The molecule has 0 bridgehead atoms. The summed E-state index contributed by atoms with van der Waals surface area (Å²) in [4.78, 5) is 0.936. The van der Waals surface area contributed by atoms with E-state index in [0.29, 0.717) is 11.6 Å². The van der Waals surface area contributed by atoms with E-state index < -0.39 is 0 Å². The van der Waals surface area contributed by atoms with E-state index in [1.165, 1.54) is 0 Å². The van der Waals surface area contributed by atoms with Gasteiger partial charge in [-0.15, -0.1) is 17.7 Å². The highest BCUT2D eigenvalue weighted by molar-refractivity contribution is 7.80. The first-order valence-corrected chi connectivity index (χ1v) is 6.57. The lowest BCUT2D eigenvalue weighted by atomic mass is 10.3. The predicted molar refractivity (Wildman–Crippen MR) is 83.4 cm³/mol. The third-order valence-corrected chi connectivity index (χ3v) is 2.89. The van der Waals surface area contributed by atoms with E-state index in [4.69, 9.17) is 11.5 Å². The highest BCUT2D eigenvalue weighted by atomic mass is 32.1. The molecule has 0 saturated carbocycles. The quantitative estimate of drug-likeness (QED) is 0.593. The average Bonchev–Trinajstić information content (AvgIpc) is 2.97. The summed E-state index contributed by atoms with van der Waals surface area (Å²) >= 11 is 4.22. The maximum absolute atomic E-state index is 5.71. The molecule has 0 spiro atoms. The van der Waals surface area contributed by atoms with Crippen LogP contribution in [-0.2, 0) is 0 Å². The van der Waals surface area contributed by atoms with Crippen molar-refractivity contribution in [2.45, 2.75) is 18.7 Å². The molecule has 0 fully saturated rings. The number of thiol groups is 1. The van der Waals surface area contributed by atoms with Gasteiger partial charge < -0.3 is 15.9 Å². The Hall–Kier alpha value is -2.48. The van der Waals surface area contributed by atoms with Crippen LogP contribution in [0, 0.1) is 13.8 Å². The van der Waals surface area contributed by atoms with Crippen LogP contribution in [0.4, 0.5) is 11.7 Å². The van der Waals surface area contributed by atoms with Gasteiger partial charge in [0, 0.05) is 11.8 Å². The second-order valence-electron chi connectivity index (χ2n) is 4.29. The lowest BCUT2D eigenvalue weighted by Crippen LogP contribution is -1.93. The Labute approximate surface area is 127 Å². The number of aryl methyl sites for hydroxylation is 2. The van der Waals surface area contributed by atoms with Gasteiger partial charge in [-0.3, -0.25) is 0 Å². The summed E-state index contributed by atoms with van der Waals surface area (Å²) in [6.45, 7) is 3.57. The van der Waals surface area contributed by atoms with Crippen LogP contribution in [0.25, 0.3) is 5.69 Å². The van der Waals surface area contributed by atoms with E-state index in [-0.39, 0.29) is 6.01 Å². The molecule has 1 aromatic carbocycles. The van der Waals surface area contributed by atoms with E-state index in [1.807, 2.05) is 37.4 Å². The molecule has 3 rings (SSSR count). The lowest BCUT2D eigenvalue weighted by Gasteiger charge is -2.00. The molecule has 0 aliphatic heterocycles. The van der Waals surface area contributed by atoms with Crippen LogP contribution >= 0.6 is 12.6 Å². The zero-order chi connectivity index (χ0) is 15.4. The largest absolute Gasteiger partial charge is 0.409 e. The Balaban J connectivity index is 0.000000194. The smallest absolute Gasteiger partial charge is 0.312 e. The topological polar surface area (TPSA) is 109 Å². The van der Waals surface area contributed by atoms with Crippen LogP contribution in [-0.4, -0.2) is 20.0 Å². The van der Waals surface area contributed by atoms with Crippen molar-refractivity contribution in [1.29, 1.82) is 0 Å². The fourth-order valence-corrected chi connectivity index (χ4v) is 1.67. The Kier molecular flexibility index (Phi) is 4.49. The minimum absolute atomic E-state index is 0.123. The van der Waals surface area contributed by atoms with E-state index in [9.17, 15) is 0 Å². The van der Waals surface area contributed by atoms with Gasteiger partial charge in [-0.25, -0.2) is 4.68 Å². The molecule has 3 aromatic rings. The molecular weight excluding hydrogens is 288 g/mol. The predicted octanol–water partition coefficient (Wildman–Crippen LogP) is 2.01. The molecule has 0 radical (unpaired) electrons. The normalized spacial score (nSPS) is 10.0. The first-order valence-electron chi connectivity index (χ1n) is 6.12. The fraction of sp³-hybridized carbons (Fsp3) is 0.154. The number of nitrogen functional groups attached to an aromatic ring is 2. The summed E-state index contributed by atoms with van der Waals surface area (Å²) in [5.41, 5.74) is 13.3. The van der Waals surface area contributed by atoms with Crippen molar-refractivity contribution in [3.8, 4) is 5.69 Å². The molecule has 0 unspecified atom stereocenters. The van der Waals surface area contributed by atoms with Crippen LogP contribution in [0.15, 0.2) is 39.8 Å². The summed E-state index contributed by atoms with van der Waals surface area (Å²) in [5, 5.41) is 11.1. The lowest BCUT2D eigenvalue weighted by molar-refractivity contribution is 0.537. The van der Waals surface area contributed by atoms with Gasteiger partial charge in [-0.2, -0.15) is 5.10 Å². The van der Waals surface area contributed by atoms with Crippen molar-refractivity contribution < 1.29 is 4.42 Å². The van der Waals surface area contributed by atoms with Crippen molar-refractivity contribution in [1.82, 2.24) is 20.0 Å². The number of hydrogen-bond donors (Lipinski definition) is 3. The van der Waals surface area contributed by atoms with Crippen LogP contribution in [0.5, 0.6) is 0 Å². The summed E-state index contributed by atoms with van der Waals surface area (Å²) in [5.74, 6) is 0.498. The Morgan fingerprint density at radius 2 is 1.76 bits per heavy atom. The van der Waals surface area contributed by atoms with Crippen LogP contribution in [0.3, 0.4) is 0 Å². The van der Waals surface area contributed by atoms with Gasteiger partial charge >= 0.3 is 6.01 Å². The third kappa shape index (κ3) is 3.99. The molecule has 0 aliphatic rings. The number of nitrogens with zero attached hydrogens (tertiary/aromatic N) is 4. The number of anilines is 2. The Bertz CT molecular complexity index is 683. The second kappa shape index (κ2) is 6.31. The standard InChI is InChI=1S/C10H11N3S.C3H5N3O/c1-7-10(11)6-13(12-7)8-2-4-9(14)5-3-8;1-2-5-6-3(4)7-2/h2-6,14H,11H2,1H3;1H3,(H2,4,6). The summed E-state index contributed by atoms with van der Waals surface area (Å²) in [6, 6.07) is 7.87. The van der Waals surface area contributed by atoms with Gasteiger partial charge in [0.25, 0.3) is 0 Å². The minimum Gasteiger partial charge on any atom is -0.409 e. The fourth-order valence-electron chi connectivity index (χ4n) is 1.52. The van der Waals surface area contributed by atoms with Crippen LogP contribution in [0.2, 0.25) is 0 Å². The first kappa shape index (κ1) is 14.9. The number of aromatic nitrogens is 4. The second-order valence-corrected chi connectivity index (χ2v) is 4.81. The van der Waals surface area contributed by atoms with E-state index >= 15 is 0 Å². The highest BCUT2D eigenvalue weighted by Crippen LogP contribution is 2.15. The minimum atomic E-state index is 0.123. The van der Waals surface area contributed by atoms with Gasteiger partial charge in [0.2, 0.25) is 5.89 Å². The summed E-state index contributed by atoms with van der Waals surface area (Å²) in [6.07, 6.45) is 1.81. The molecule has 0 aliphatic carbocycles. The van der Waals surface area contributed by atoms with E-state index in [2.05, 4.69) is 32.3 Å². The van der Waals surface area contributed by atoms with Gasteiger partial charge in [0.15, 0.2) is 0 Å². The van der Waals surface area contributed by atoms with E-state index in [1.54, 1.807) is 11.6 Å². The van der Waals surface area contributed by atoms with Crippen LogP contribution in [0.1, 0.15) is 11.6 Å². The maximum Gasteiger partial charge on any atom is 0.312 e. The molecule has 7 nitrogen and oxygen atoms in total. The van der Waals surface area contributed by atoms with Crippen molar-refractivity contribution in [2.24, 2.45) is 0 Å². The van der Waals surface area contributed by atoms with Crippen LogP contribution < -0.4 is 11.5 Å². The highest BCUT2D eigenvalue weighted by Gasteiger charge is 2.01. The molecule has 0 atom stereocenters. The van der Waals surface area contributed by atoms with Gasteiger partial charge in [0.1, 0.15) is 0 Å². The van der Waals surface area contributed by atoms with E-state index in [0.717, 1.165) is 16.3 Å². The maximum atomic E-state index is 5.71. The van der Waals surface area contributed by atoms with Crippen molar-refractivity contribution in [3.63, 3.8) is 0 Å². The van der Waals surface area contributed by atoms with Gasteiger partial charge in [-0.05, 0) is 31.2 Å². The third-order valence-electron chi connectivity index (χ3n) is 2.59. The SMILES string of the molecule is Cc1nn(-c2ccc(S)cc2)cc1N.Cc1nnc(N)o1. The monoisotopic (exact) mass is 304 g/mol. The molecule has 21 heavy (non-hydrogen) atoms. The zero-order valence-electron chi connectivity index (χ0n) is 11.7. The Morgan fingerprint density at radius 1 is 1.10 bits per heavy atom. The molecule has 0 saturated heterocycles. The van der Waals surface area contributed by atoms with Crippen molar-refractivity contribution in [3.05, 3.63) is 42.0 Å². The first-order chi connectivity index (χ1) is 9.95. The molecule has 2 heterocycles. The number of rotatable bonds is 1. The van der Waals surface area contributed by atoms with Crippen molar-refractivity contribution in [2.75, 3.05) is 11.5 Å². The molecule has 0 amide bonds. The Morgan fingerprint density at radius 3 is 2.14 bits per heavy atom. The van der Waals surface area contributed by atoms with Gasteiger partial charge in [-0.1, -0.05) is 5.10 Å².